The molecule has 0 aliphatic rings. The number of hydrogen-bond donors (Lipinski definition) is 1. The number of nitrogens with zero attached hydrogens (tertiary/aromatic N) is 1. The third-order valence-corrected chi connectivity index (χ3v) is 4.85. The molecule has 2 aromatic rings. The quantitative estimate of drug-likeness (QED) is 0.670. The van der Waals surface area contributed by atoms with Crippen molar-refractivity contribution in [1.82, 2.24) is 10.2 Å². The van der Waals surface area contributed by atoms with E-state index in [1.807, 2.05) is 38.1 Å². The van der Waals surface area contributed by atoms with Gasteiger partial charge in [0.2, 0.25) is 11.8 Å². The van der Waals surface area contributed by atoms with Crippen LogP contribution in [-0.4, -0.2) is 29.3 Å². The summed E-state index contributed by atoms with van der Waals surface area (Å²) in [4.78, 5) is 27.3. The highest BCUT2D eigenvalue weighted by atomic mass is 35.5. The van der Waals surface area contributed by atoms with Crippen LogP contribution in [0.2, 0.25) is 10.0 Å². The summed E-state index contributed by atoms with van der Waals surface area (Å²) in [5.74, 6) is 0.0366. The van der Waals surface area contributed by atoms with E-state index in [2.05, 4.69) is 5.32 Å². The van der Waals surface area contributed by atoms with Crippen molar-refractivity contribution in [2.75, 3.05) is 6.54 Å². The second kappa shape index (κ2) is 10.5. The van der Waals surface area contributed by atoms with Gasteiger partial charge in [-0.2, -0.15) is 0 Å². The summed E-state index contributed by atoms with van der Waals surface area (Å²) in [5.41, 5.74) is 1.72. The van der Waals surface area contributed by atoms with E-state index in [4.69, 9.17) is 23.2 Å². The number of benzene rings is 2. The Labute approximate surface area is 176 Å². The third kappa shape index (κ3) is 6.84. The molecule has 0 spiro atoms. The zero-order valence-corrected chi connectivity index (χ0v) is 17.9. The number of carbonyl (C=O) groups excluding carboxylic acids is 2. The van der Waals surface area contributed by atoms with Gasteiger partial charge >= 0.3 is 0 Å². The molecule has 0 aromatic heterocycles. The summed E-state index contributed by atoms with van der Waals surface area (Å²) in [7, 11) is 0. The van der Waals surface area contributed by atoms with Crippen LogP contribution in [0.15, 0.2) is 48.5 Å². The third-order valence-electron chi connectivity index (χ3n) is 4.36. The second-order valence-electron chi connectivity index (χ2n) is 7.27. The predicted octanol–water partition coefficient (Wildman–Crippen LogP) is 4.73. The topological polar surface area (TPSA) is 49.4 Å². The lowest BCUT2D eigenvalue weighted by Gasteiger charge is -2.29. The SMILES string of the molecule is CC(C)CNC(=O)[C@H](C)N(Cc1ccc(Cl)cc1)C(=O)Cc1cccc(Cl)c1. The molecule has 0 aliphatic carbocycles. The van der Waals surface area contributed by atoms with Crippen LogP contribution in [0.3, 0.4) is 0 Å². The van der Waals surface area contributed by atoms with E-state index in [1.54, 1.807) is 36.1 Å². The van der Waals surface area contributed by atoms with E-state index < -0.39 is 6.04 Å². The summed E-state index contributed by atoms with van der Waals surface area (Å²) < 4.78 is 0. The molecule has 0 fully saturated rings. The molecule has 1 atom stereocenters. The number of rotatable bonds is 8. The van der Waals surface area contributed by atoms with Gasteiger partial charge in [0, 0.05) is 23.1 Å². The normalized spacial score (nSPS) is 11.9. The Morgan fingerprint density at radius 3 is 2.25 bits per heavy atom. The fraction of sp³-hybridized carbons (Fsp3) is 0.364. The highest BCUT2D eigenvalue weighted by Crippen LogP contribution is 2.17. The first-order valence-electron chi connectivity index (χ1n) is 9.32. The minimum absolute atomic E-state index is 0.135. The molecule has 28 heavy (non-hydrogen) atoms. The molecule has 4 nitrogen and oxygen atoms in total. The Kier molecular flexibility index (Phi) is 8.34. The maximum Gasteiger partial charge on any atom is 0.242 e. The maximum absolute atomic E-state index is 13.1. The Balaban J connectivity index is 2.19. The predicted molar refractivity (Wildman–Crippen MR) is 114 cm³/mol. The Morgan fingerprint density at radius 1 is 0.964 bits per heavy atom. The van der Waals surface area contributed by atoms with Crippen LogP contribution < -0.4 is 5.32 Å². The fourth-order valence-electron chi connectivity index (χ4n) is 2.74. The summed E-state index contributed by atoms with van der Waals surface area (Å²) in [6, 6.07) is 13.9. The van der Waals surface area contributed by atoms with Gasteiger partial charge in [-0.15, -0.1) is 0 Å². The number of hydrogen-bond acceptors (Lipinski definition) is 2. The molecule has 0 saturated heterocycles. The van der Waals surface area contributed by atoms with Gasteiger partial charge in [0.05, 0.1) is 6.42 Å². The Bertz CT molecular complexity index is 806. The van der Waals surface area contributed by atoms with Crippen LogP contribution in [0, 0.1) is 5.92 Å². The molecule has 6 heteroatoms. The Hall–Kier alpha value is -2.04. The lowest BCUT2D eigenvalue weighted by molar-refractivity contribution is -0.140. The van der Waals surface area contributed by atoms with E-state index in [1.165, 1.54) is 0 Å². The first-order chi connectivity index (χ1) is 13.3. The average Bonchev–Trinajstić information content (AvgIpc) is 2.65. The molecule has 0 unspecified atom stereocenters. The summed E-state index contributed by atoms with van der Waals surface area (Å²) >= 11 is 12.0. The average molecular weight is 421 g/mol. The monoisotopic (exact) mass is 420 g/mol. The van der Waals surface area contributed by atoms with E-state index in [0.29, 0.717) is 29.1 Å². The van der Waals surface area contributed by atoms with Gasteiger partial charge in [-0.1, -0.05) is 61.3 Å². The van der Waals surface area contributed by atoms with E-state index >= 15 is 0 Å². The van der Waals surface area contributed by atoms with Crippen molar-refractivity contribution in [3.05, 3.63) is 69.7 Å². The van der Waals surface area contributed by atoms with Crippen LogP contribution in [0.4, 0.5) is 0 Å². The minimum Gasteiger partial charge on any atom is -0.354 e. The van der Waals surface area contributed by atoms with Crippen molar-refractivity contribution in [2.45, 2.75) is 39.8 Å². The van der Waals surface area contributed by atoms with Gasteiger partial charge < -0.3 is 10.2 Å². The lowest BCUT2D eigenvalue weighted by Crippen LogP contribution is -2.48. The molecular weight excluding hydrogens is 395 g/mol. The van der Waals surface area contributed by atoms with Crippen LogP contribution in [-0.2, 0) is 22.6 Å². The summed E-state index contributed by atoms with van der Waals surface area (Å²) in [6.07, 6.45) is 0.177. The first-order valence-corrected chi connectivity index (χ1v) is 10.1. The van der Waals surface area contributed by atoms with Gasteiger partial charge in [-0.3, -0.25) is 9.59 Å². The van der Waals surface area contributed by atoms with Gasteiger partial charge in [-0.25, -0.2) is 0 Å². The molecule has 2 amide bonds. The van der Waals surface area contributed by atoms with Gasteiger partial charge in [0.25, 0.3) is 0 Å². The zero-order valence-electron chi connectivity index (χ0n) is 16.4. The van der Waals surface area contributed by atoms with Crippen molar-refractivity contribution in [1.29, 1.82) is 0 Å². The van der Waals surface area contributed by atoms with Crippen LogP contribution >= 0.6 is 23.2 Å². The maximum atomic E-state index is 13.1. The number of carbonyl (C=O) groups is 2. The van der Waals surface area contributed by atoms with E-state index in [0.717, 1.165) is 11.1 Å². The van der Waals surface area contributed by atoms with Crippen molar-refractivity contribution in [3.8, 4) is 0 Å². The lowest BCUT2D eigenvalue weighted by atomic mass is 10.1. The first kappa shape index (κ1) is 22.3. The van der Waals surface area contributed by atoms with E-state index in [-0.39, 0.29) is 18.2 Å². The van der Waals surface area contributed by atoms with Crippen LogP contribution in [0.1, 0.15) is 31.9 Å². The van der Waals surface area contributed by atoms with Crippen molar-refractivity contribution in [3.63, 3.8) is 0 Å². The fourth-order valence-corrected chi connectivity index (χ4v) is 3.08. The molecule has 2 rings (SSSR count). The molecule has 0 bridgehead atoms. The summed E-state index contributed by atoms with van der Waals surface area (Å²) in [6.45, 7) is 6.70. The number of halogens is 2. The number of nitrogens with one attached hydrogen (secondary N) is 1. The smallest absolute Gasteiger partial charge is 0.242 e. The molecule has 0 radical (unpaired) electrons. The summed E-state index contributed by atoms with van der Waals surface area (Å²) in [5, 5.41) is 4.12. The second-order valence-corrected chi connectivity index (χ2v) is 8.14. The van der Waals surface area contributed by atoms with Crippen molar-refractivity contribution in [2.24, 2.45) is 5.92 Å². The minimum atomic E-state index is -0.596. The molecular formula is C22H26Cl2N2O2. The van der Waals surface area contributed by atoms with Gasteiger partial charge in [-0.05, 0) is 48.2 Å². The highest BCUT2D eigenvalue weighted by Gasteiger charge is 2.26. The molecule has 0 heterocycles. The molecule has 0 saturated carbocycles. The molecule has 1 N–H and O–H groups in total. The molecule has 0 aliphatic heterocycles. The van der Waals surface area contributed by atoms with Gasteiger partial charge in [0.1, 0.15) is 6.04 Å². The van der Waals surface area contributed by atoms with E-state index in [9.17, 15) is 9.59 Å². The standard InChI is InChI=1S/C22H26Cl2N2O2/c1-15(2)13-25-22(28)16(3)26(14-17-7-9-19(23)10-8-17)21(27)12-18-5-4-6-20(24)11-18/h4-11,15-16H,12-14H2,1-3H3,(H,25,28)/t16-/m0/s1. The molecule has 2 aromatic carbocycles. The molecule has 150 valence electrons. The van der Waals surface area contributed by atoms with Crippen molar-refractivity contribution < 1.29 is 9.59 Å². The largest absolute Gasteiger partial charge is 0.354 e. The Morgan fingerprint density at radius 2 is 1.64 bits per heavy atom. The highest BCUT2D eigenvalue weighted by molar-refractivity contribution is 6.30. The number of amides is 2. The van der Waals surface area contributed by atoms with Crippen LogP contribution in [0.5, 0.6) is 0 Å². The van der Waals surface area contributed by atoms with Gasteiger partial charge in [0.15, 0.2) is 0 Å². The van der Waals surface area contributed by atoms with Crippen LogP contribution in [0.25, 0.3) is 0 Å². The van der Waals surface area contributed by atoms with Crippen molar-refractivity contribution >= 4 is 35.0 Å². The zero-order chi connectivity index (χ0) is 20.7.